The number of carbonyl (C=O) groups excluding carboxylic acids is 1. The van der Waals surface area contributed by atoms with Gasteiger partial charge in [-0.05, 0) is 26.2 Å². The first kappa shape index (κ1) is 18.8. The topological polar surface area (TPSA) is 46.9 Å². The Morgan fingerprint density at radius 2 is 1.77 bits per heavy atom. The molecule has 4 nitrogen and oxygen atoms in total. The number of carbonyl (C=O) groups is 1. The first-order chi connectivity index (χ1) is 9.76. The Kier molecular flexibility index (Phi) is 5.22. The second-order valence-corrected chi connectivity index (χ2v) is 6.84. The van der Waals surface area contributed by atoms with Crippen LogP contribution in [0.4, 0.5) is 13.2 Å². The summed E-state index contributed by atoms with van der Waals surface area (Å²) in [6, 6.07) is -1.03. The van der Waals surface area contributed by atoms with Gasteiger partial charge < -0.3 is 5.32 Å². The van der Waals surface area contributed by atoms with E-state index >= 15 is 0 Å². The van der Waals surface area contributed by atoms with E-state index in [2.05, 4.69) is 10.4 Å². The molecule has 0 saturated heterocycles. The molecule has 1 amide bonds. The number of halogens is 4. The average Bonchev–Trinajstić information content (AvgIpc) is 2.63. The Labute approximate surface area is 133 Å². The lowest BCUT2D eigenvalue weighted by atomic mass is 9.88. The van der Waals surface area contributed by atoms with E-state index in [4.69, 9.17) is 11.6 Å². The predicted octanol–water partition coefficient (Wildman–Crippen LogP) is 3.98. The van der Waals surface area contributed by atoms with Gasteiger partial charge in [0.15, 0.2) is 5.69 Å². The molecule has 8 heteroatoms. The van der Waals surface area contributed by atoms with E-state index in [0.29, 0.717) is 0 Å². The van der Waals surface area contributed by atoms with Crippen LogP contribution in [-0.4, -0.2) is 21.7 Å². The third-order valence-corrected chi connectivity index (χ3v) is 4.20. The van der Waals surface area contributed by atoms with E-state index in [1.165, 1.54) is 13.8 Å². The van der Waals surface area contributed by atoms with Crippen LogP contribution >= 0.6 is 11.6 Å². The molecule has 0 aliphatic heterocycles. The molecule has 0 aromatic carbocycles. The molecular formula is C14H21ClF3N3O. The summed E-state index contributed by atoms with van der Waals surface area (Å²) in [5, 5.41) is 5.78. The molecule has 126 valence electrons. The predicted molar refractivity (Wildman–Crippen MR) is 78.7 cm³/mol. The van der Waals surface area contributed by atoms with Crippen LogP contribution in [0.1, 0.15) is 52.0 Å². The van der Waals surface area contributed by atoms with E-state index in [9.17, 15) is 18.0 Å². The second kappa shape index (κ2) is 6.10. The molecule has 2 unspecified atom stereocenters. The molecule has 1 aromatic heterocycles. The Hall–Kier alpha value is -1.24. The fourth-order valence-corrected chi connectivity index (χ4v) is 1.95. The van der Waals surface area contributed by atoms with Gasteiger partial charge in [-0.15, -0.1) is 0 Å². The summed E-state index contributed by atoms with van der Waals surface area (Å²) in [6.07, 6.45) is -4.65. The quantitative estimate of drug-likeness (QED) is 0.905. The number of hydrogen-bond acceptors (Lipinski definition) is 2. The lowest BCUT2D eigenvalue weighted by Crippen LogP contribution is -2.44. The van der Waals surface area contributed by atoms with Gasteiger partial charge in [-0.2, -0.15) is 18.3 Å². The Balaban J connectivity index is 3.04. The van der Waals surface area contributed by atoms with E-state index < -0.39 is 28.8 Å². The number of aromatic nitrogens is 2. The van der Waals surface area contributed by atoms with Gasteiger partial charge in [-0.3, -0.25) is 9.48 Å². The van der Waals surface area contributed by atoms with Crippen molar-refractivity contribution in [2.24, 2.45) is 5.41 Å². The Bertz CT molecular complexity index is 561. The van der Waals surface area contributed by atoms with Crippen molar-refractivity contribution in [1.29, 1.82) is 0 Å². The summed E-state index contributed by atoms with van der Waals surface area (Å²) in [5.74, 6) is -0.404. The van der Waals surface area contributed by atoms with Gasteiger partial charge in [0.25, 0.3) is 0 Å². The van der Waals surface area contributed by atoms with E-state index in [1.807, 2.05) is 27.7 Å². The molecule has 0 spiro atoms. The third-order valence-electron chi connectivity index (χ3n) is 3.75. The van der Waals surface area contributed by atoms with Crippen LogP contribution in [0.25, 0.3) is 0 Å². The van der Waals surface area contributed by atoms with Crippen molar-refractivity contribution >= 4 is 17.5 Å². The lowest BCUT2D eigenvalue weighted by molar-refractivity contribution is -0.142. The highest BCUT2D eigenvalue weighted by molar-refractivity contribution is 6.32. The van der Waals surface area contributed by atoms with E-state index in [0.717, 1.165) is 4.68 Å². The molecule has 0 fully saturated rings. The monoisotopic (exact) mass is 339 g/mol. The maximum absolute atomic E-state index is 12.8. The van der Waals surface area contributed by atoms with Crippen LogP contribution in [-0.2, 0) is 11.0 Å². The number of hydrogen-bond donors (Lipinski definition) is 1. The summed E-state index contributed by atoms with van der Waals surface area (Å²) in [7, 11) is 0. The minimum absolute atomic E-state index is 0.111. The average molecular weight is 340 g/mol. The molecule has 1 N–H and O–H groups in total. The van der Waals surface area contributed by atoms with Crippen molar-refractivity contribution in [2.45, 2.75) is 59.8 Å². The van der Waals surface area contributed by atoms with Crippen LogP contribution < -0.4 is 5.32 Å². The molecule has 0 radical (unpaired) electrons. The van der Waals surface area contributed by atoms with Gasteiger partial charge in [0, 0.05) is 6.04 Å². The number of rotatable bonds is 3. The summed E-state index contributed by atoms with van der Waals surface area (Å²) in [6.45, 7) is 10.6. The molecule has 1 heterocycles. The van der Waals surface area contributed by atoms with Crippen molar-refractivity contribution in [1.82, 2.24) is 15.1 Å². The fourth-order valence-electron chi connectivity index (χ4n) is 1.72. The fraction of sp³-hybridized carbons (Fsp3) is 0.714. The standard InChI is InChI=1S/C14H21ClF3N3O/c1-7-10(15)11(14(16,17)18)20-21(7)8(2)12(22)19-9(3)13(4,5)6/h8-9H,1-6H3,(H,19,22). The second-order valence-electron chi connectivity index (χ2n) is 6.46. The first-order valence-corrected chi connectivity index (χ1v) is 7.26. The van der Waals surface area contributed by atoms with Gasteiger partial charge in [-0.25, -0.2) is 0 Å². The zero-order chi connectivity index (χ0) is 17.5. The van der Waals surface area contributed by atoms with E-state index in [1.54, 1.807) is 0 Å². The molecule has 0 saturated carbocycles. The van der Waals surface area contributed by atoms with Crippen molar-refractivity contribution in [3.05, 3.63) is 16.4 Å². The van der Waals surface area contributed by atoms with E-state index in [-0.39, 0.29) is 17.2 Å². The highest BCUT2D eigenvalue weighted by Gasteiger charge is 2.39. The Morgan fingerprint density at radius 1 is 1.27 bits per heavy atom. The van der Waals surface area contributed by atoms with Crippen LogP contribution in [0, 0.1) is 12.3 Å². The smallest absolute Gasteiger partial charge is 0.351 e. The maximum atomic E-state index is 12.8. The molecule has 0 aliphatic carbocycles. The first-order valence-electron chi connectivity index (χ1n) is 6.89. The van der Waals surface area contributed by atoms with Gasteiger partial charge in [0.1, 0.15) is 6.04 Å². The third kappa shape index (κ3) is 3.94. The van der Waals surface area contributed by atoms with Crippen molar-refractivity contribution in [3.8, 4) is 0 Å². The van der Waals surface area contributed by atoms with Crippen LogP contribution in [0.2, 0.25) is 5.02 Å². The molecular weight excluding hydrogens is 319 g/mol. The van der Waals surface area contributed by atoms with Gasteiger partial charge >= 0.3 is 6.18 Å². The highest BCUT2D eigenvalue weighted by atomic mass is 35.5. The van der Waals surface area contributed by atoms with Crippen LogP contribution in [0.5, 0.6) is 0 Å². The summed E-state index contributed by atoms with van der Waals surface area (Å²) in [4.78, 5) is 12.2. The lowest BCUT2D eigenvalue weighted by Gasteiger charge is -2.29. The van der Waals surface area contributed by atoms with Crippen LogP contribution in [0.3, 0.4) is 0 Å². The number of nitrogens with zero attached hydrogens (tertiary/aromatic N) is 2. The number of amides is 1. The summed E-state index contributed by atoms with van der Waals surface area (Å²) >= 11 is 5.69. The number of alkyl halides is 3. The molecule has 1 aromatic rings. The zero-order valence-electron chi connectivity index (χ0n) is 13.5. The summed E-state index contributed by atoms with van der Waals surface area (Å²) < 4.78 is 39.4. The Morgan fingerprint density at radius 3 is 2.14 bits per heavy atom. The van der Waals surface area contributed by atoms with Gasteiger partial charge in [-0.1, -0.05) is 32.4 Å². The largest absolute Gasteiger partial charge is 0.436 e. The molecule has 22 heavy (non-hydrogen) atoms. The van der Waals surface area contributed by atoms with Crippen molar-refractivity contribution in [3.63, 3.8) is 0 Å². The van der Waals surface area contributed by atoms with Crippen molar-refractivity contribution < 1.29 is 18.0 Å². The zero-order valence-corrected chi connectivity index (χ0v) is 14.2. The molecule has 0 aliphatic rings. The summed E-state index contributed by atoms with van der Waals surface area (Å²) in [5.41, 5.74) is -1.22. The minimum Gasteiger partial charge on any atom is -0.351 e. The molecule has 1 rings (SSSR count). The molecule has 2 atom stereocenters. The molecule has 0 bridgehead atoms. The highest BCUT2D eigenvalue weighted by Crippen LogP contribution is 2.36. The maximum Gasteiger partial charge on any atom is 0.436 e. The number of nitrogens with one attached hydrogen (secondary N) is 1. The SMILES string of the molecule is Cc1c(Cl)c(C(F)(F)F)nn1C(C)C(=O)NC(C)C(C)(C)C. The minimum atomic E-state index is -4.65. The van der Waals surface area contributed by atoms with Crippen LogP contribution in [0.15, 0.2) is 0 Å². The van der Waals surface area contributed by atoms with Gasteiger partial charge in [0.2, 0.25) is 5.91 Å². The van der Waals surface area contributed by atoms with Crippen molar-refractivity contribution in [2.75, 3.05) is 0 Å². The van der Waals surface area contributed by atoms with Gasteiger partial charge in [0.05, 0.1) is 10.7 Å². The normalized spacial score (nSPS) is 15.5.